The number of nitrogens with one attached hydrogen (secondary N) is 1. The zero-order valence-corrected chi connectivity index (χ0v) is 23.3. The van der Waals surface area contributed by atoms with Crippen molar-refractivity contribution in [3.8, 4) is 23.0 Å². The van der Waals surface area contributed by atoms with Crippen LogP contribution in [-0.4, -0.2) is 98.7 Å². The highest BCUT2D eigenvalue weighted by Gasteiger charge is 2.23. The third-order valence-electron chi connectivity index (χ3n) is 6.58. The first-order valence-electron chi connectivity index (χ1n) is 13.0. The number of anilines is 4. The van der Waals surface area contributed by atoms with E-state index in [4.69, 9.17) is 18.9 Å². The van der Waals surface area contributed by atoms with Crippen LogP contribution in [0.3, 0.4) is 0 Å². The standard InChI is InChI=1S/C28H36N6O6/c1-32-13-15-33(16-14-32)12-5-17-40-23-9-6-20(18-25(23)39-4)30-27-29-11-10-26(31-27)34(28(35)36)22-8-7-21(37-2)19-24(22)38-3/h6-11,18-19H,5,12-17H2,1-4H3,(H,35,36)(H,29,30,31). The Morgan fingerprint density at radius 1 is 0.975 bits per heavy atom. The van der Waals surface area contributed by atoms with Crippen LogP contribution < -0.4 is 29.2 Å². The number of benzene rings is 2. The lowest BCUT2D eigenvalue weighted by atomic mass is 10.2. The number of methoxy groups -OCH3 is 3. The van der Waals surface area contributed by atoms with Crippen molar-refractivity contribution in [3.05, 3.63) is 48.7 Å². The van der Waals surface area contributed by atoms with Gasteiger partial charge >= 0.3 is 6.09 Å². The minimum atomic E-state index is -1.23. The van der Waals surface area contributed by atoms with Gasteiger partial charge in [-0.3, -0.25) is 0 Å². The number of rotatable bonds is 12. The fraction of sp³-hybridized carbons (Fsp3) is 0.393. The molecule has 4 rings (SSSR count). The third-order valence-corrected chi connectivity index (χ3v) is 6.58. The van der Waals surface area contributed by atoms with Crippen LogP contribution in [0.1, 0.15) is 6.42 Å². The Hall–Kier alpha value is -4.29. The molecule has 214 valence electrons. The molecule has 0 unspecified atom stereocenters. The quantitative estimate of drug-likeness (QED) is 0.316. The van der Waals surface area contributed by atoms with Crippen LogP contribution in [0.15, 0.2) is 48.7 Å². The van der Waals surface area contributed by atoms with Gasteiger partial charge in [0, 0.05) is 62.8 Å². The average molecular weight is 553 g/mol. The second-order valence-electron chi connectivity index (χ2n) is 9.23. The summed E-state index contributed by atoms with van der Waals surface area (Å²) in [6, 6.07) is 11.8. The summed E-state index contributed by atoms with van der Waals surface area (Å²) in [5, 5.41) is 13.1. The molecule has 1 amide bonds. The number of amides is 1. The predicted octanol–water partition coefficient (Wildman–Crippen LogP) is 4.08. The molecule has 40 heavy (non-hydrogen) atoms. The first kappa shape index (κ1) is 28.7. The zero-order valence-electron chi connectivity index (χ0n) is 23.3. The molecule has 0 spiro atoms. The summed E-state index contributed by atoms with van der Waals surface area (Å²) in [5.74, 6) is 2.41. The van der Waals surface area contributed by atoms with E-state index in [0.717, 1.165) is 44.0 Å². The number of ether oxygens (including phenoxy) is 4. The molecule has 0 radical (unpaired) electrons. The molecule has 0 bridgehead atoms. The average Bonchev–Trinajstić information content (AvgIpc) is 2.97. The van der Waals surface area contributed by atoms with Crippen LogP contribution in [0.5, 0.6) is 23.0 Å². The monoisotopic (exact) mass is 552 g/mol. The normalized spacial score (nSPS) is 13.9. The molecule has 0 atom stereocenters. The van der Waals surface area contributed by atoms with Crippen LogP contribution in [0.2, 0.25) is 0 Å². The molecule has 3 aromatic rings. The lowest BCUT2D eigenvalue weighted by molar-refractivity contribution is 0.145. The fourth-order valence-corrected chi connectivity index (χ4v) is 4.36. The first-order valence-corrected chi connectivity index (χ1v) is 13.0. The van der Waals surface area contributed by atoms with Crippen LogP contribution >= 0.6 is 0 Å². The third kappa shape index (κ3) is 7.21. The van der Waals surface area contributed by atoms with Crippen LogP contribution in [0.25, 0.3) is 0 Å². The van der Waals surface area contributed by atoms with Crippen molar-refractivity contribution in [2.45, 2.75) is 6.42 Å². The maximum atomic E-state index is 12.2. The van der Waals surface area contributed by atoms with Crippen molar-refractivity contribution in [1.29, 1.82) is 0 Å². The van der Waals surface area contributed by atoms with Crippen LogP contribution in [0.4, 0.5) is 27.9 Å². The summed E-state index contributed by atoms with van der Waals surface area (Å²) in [6.45, 7) is 5.95. The van der Waals surface area contributed by atoms with E-state index in [1.54, 1.807) is 31.4 Å². The minimum Gasteiger partial charge on any atom is -0.497 e. The number of carboxylic acid groups (broad SMARTS) is 1. The van der Waals surface area contributed by atoms with Gasteiger partial charge in [-0.1, -0.05) is 0 Å². The van der Waals surface area contributed by atoms with E-state index < -0.39 is 6.09 Å². The maximum Gasteiger partial charge on any atom is 0.417 e. The Morgan fingerprint density at radius 3 is 2.45 bits per heavy atom. The molecule has 12 nitrogen and oxygen atoms in total. The van der Waals surface area contributed by atoms with E-state index in [9.17, 15) is 9.90 Å². The minimum absolute atomic E-state index is 0.140. The van der Waals surface area contributed by atoms with Gasteiger partial charge < -0.3 is 39.2 Å². The lowest BCUT2D eigenvalue weighted by Crippen LogP contribution is -2.44. The summed E-state index contributed by atoms with van der Waals surface area (Å²) in [4.78, 5) is 26.7. The Kier molecular flexibility index (Phi) is 9.81. The van der Waals surface area contributed by atoms with Crippen molar-refractivity contribution in [1.82, 2.24) is 19.8 Å². The van der Waals surface area contributed by atoms with Crippen molar-refractivity contribution in [3.63, 3.8) is 0 Å². The Balaban J connectivity index is 1.43. The van der Waals surface area contributed by atoms with E-state index in [-0.39, 0.29) is 17.5 Å². The van der Waals surface area contributed by atoms with Gasteiger partial charge in [-0.25, -0.2) is 14.7 Å². The number of likely N-dealkylation sites (N-methyl/N-ethyl adjacent to an activating group) is 1. The number of aromatic nitrogens is 2. The molecule has 2 N–H and O–H groups in total. The highest BCUT2D eigenvalue weighted by Crippen LogP contribution is 2.36. The van der Waals surface area contributed by atoms with Gasteiger partial charge in [0.05, 0.1) is 33.6 Å². The Bertz CT molecular complexity index is 1280. The lowest BCUT2D eigenvalue weighted by Gasteiger charge is -2.32. The van der Waals surface area contributed by atoms with E-state index in [1.807, 2.05) is 12.1 Å². The molecule has 1 aromatic heterocycles. The second kappa shape index (κ2) is 13.7. The van der Waals surface area contributed by atoms with Crippen molar-refractivity contribution in [2.75, 3.05) is 77.9 Å². The summed E-state index contributed by atoms with van der Waals surface area (Å²) in [7, 11) is 6.72. The molecular formula is C28H36N6O6. The largest absolute Gasteiger partial charge is 0.497 e. The summed E-state index contributed by atoms with van der Waals surface area (Å²) in [6.07, 6.45) is 1.17. The Morgan fingerprint density at radius 2 is 1.75 bits per heavy atom. The molecule has 1 aliphatic rings. The van der Waals surface area contributed by atoms with Crippen molar-refractivity contribution < 1.29 is 28.8 Å². The summed E-state index contributed by atoms with van der Waals surface area (Å²) in [5.41, 5.74) is 0.943. The molecule has 0 aliphatic carbocycles. The summed E-state index contributed by atoms with van der Waals surface area (Å²) < 4.78 is 22.2. The van der Waals surface area contributed by atoms with Gasteiger partial charge in [-0.05, 0) is 37.7 Å². The smallest absolute Gasteiger partial charge is 0.417 e. The van der Waals surface area contributed by atoms with E-state index in [1.165, 1.54) is 26.5 Å². The number of hydrogen-bond acceptors (Lipinski definition) is 10. The van der Waals surface area contributed by atoms with Gasteiger partial charge in [0.15, 0.2) is 11.5 Å². The first-order chi connectivity index (χ1) is 19.4. The molecular weight excluding hydrogens is 516 g/mol. The van der Waals surface area contributed by atoms with Gasteiger partial charge in [0.2, 0.25) is 5.95 Å². The second-order valence-corrected chi connectivity index (χ2v) is 9.23. The number of carbonyl (C=O) groups is 1. The topological polar surface area (TPSA) is 122 Å². The number of piperazine rings is 1. The molecule has 12 heteroatoms. The van der Waals surface area contributed by atoms with E-state index in [2.05, 4.69) is 32.1 Å². The summed E-state index contributed by atoms with van der Waals surface area (Å²) >= 11 is 0. The maximum absolute atomic E-state index is 12.2. The number of hydrogen-bond donors (Lipinski definition) is 2. The number of nitrogens with zero attached hydrogens (tertiary/aromatic N) is 5. The van der Waals surface area contributed by atoms with Gasteiger partial charge in [-0.15, -0.1) is 0 Å². The molecule has 2 aromatic carbocycles. The highest BCUT2D eigenvalue weighted by molar-refractivity contribution is 5.95. The highest BCUT2D eigenvalue weighted by atomic mass is 16.5. The van der Waals surface area contributed by atoms with Crippen molar-refractivity contribution in [2.24, 2.45) is 0 Å². The zero-order chi connectivity index (χ0) is 28.5. The SMILES string of the molecule is COc1ccc(N(C(=O)O)c2ccnc(Nc3ccc(OCCCN4CCN(C)CC4)c(OC)c3)n2)c(OC)c1. The van der Waals surface area contributed by atoms with E-state index >= 15 is 0 Å². The molecule has 2 heterocycles. The van der Waals surface area contributed by atoms with E-state index in [0.29, 0.717) is 35.3 Å². The molecule has 1 aliphatic heterocycles. The van der Waals surface area contributed by atoms with Gasteiger partial charge in [0.1, 0.15) is 17.3 Å². The van der Waals surface area contributed by atoms with Crippen LogP contribution in [-0.2, 0) is 0 Å². The Labute approximate surface area is 234 Å². The van der Waals surface area contributed by atoms with Gasteiger partial charge in [0.25, 0.3) is 0 Å². The molecule has 0 saturated carbocycles. The fourth-order valence-electron chi connectivity index (χ4n) is 4.36. The van der Waals surface area contributed by atoms with Crippen LogP contribution in [0, 0.1) is 0 Å². The van der Waals surface area contributed by atoms with Crippen molar-refractivity contribution >= 4 is 29.2 Å². The predicted molar refractivity (Wildman–Crippen MR) is 152 cm³/mol. The molecule has 1 fully saturated rings. The van der Waals surface area contributed by atoms with Gasteiger partial charge in [-0.2, -0.15) is 4.98 Å². The molecule has 1 saturated heterocycles.